The molecule has 3 rings (SSSR count). The Morgan fingerprint density at radius 2 is 1.77 bits per heavy atom. The van der Waals surface area contributed by atoms with Crippen LogP contribution in [0.4, 0.5) is 11.4 Å². The molecule has 1 aliphatic carbocycles. The summed E-state index contributed by atoms with van der Waals surface area (Å²) in [6, 6.07) is 17.5. The van der Waals surface area contributed by atoms with E-state index in [0.717, 1.165) is 11.4 Å². The Bertz CT molecular complexity index is 695. The first-order valence-electron chi connectivity index (χ1n) is 7.19. The van der Waals surface area contributed by atoms with Gasteiger partial charge in [-0.1, -0.05) is 29.8 Å². The minimum atomic E-state index is 0.0738. The molecule has 0 heterocycles. The molecule has 0 saturated heterocycles. The molecular formula is C18H17ClN2O. The lowest BCUT2D eigenvalue weighted by Crippen LogP contribution is -2.28. The Labute approximate surface area is 135 Å². The van der Waals surface area contributed by atoms with Crippen LogP contribution < -0.4 is 10.2 Å². The molecule has 3 nitrogen and oxygen atoms in total. The molecule has 22 heavy (non-hydrogen) atoms. The fourth-order valence-electron chi connectivity index (χ4n) is 2.55. The smallest absolute Gasteiger partial charge is 0.181 e. The first-order valence-corrected chi connectivity index (χ1v) is 7.57. The molecule has 112 valence electrons. The number of nitrogens with one attached hydrogen (secondary N) is 1. The second-order valence-electron chi connectivity index (χ2n) is 5.35. The molecule has 0 radical (unpaired) electrons. The number of nitrogens with zero attached hydrogens (tertiary/aromatic N) is 1. The molecule has 1 atom stereocenters. The van der Waals surface area contributed by atoms with Gasteiger partial charge in [0.25, 0.3) is 0 Å². The molecule has 0 aliphatic heterocycles. The summed E-state index contributed by atoms with van der Waals surface area (Å²) >= 11 is 5.87. The van der Waals surface area contributed by atoms with E-state index in [4.69, 9.17) is 11.6 Å². The van der Waals surface area contributed by atoms with E-state index >= 15 is 0 Å². The van der Waals surface area contributed by atoms with Gasteiger partial charge in [0.05, 0.1) is 11.7 Å². The molecule has 0 spiro atoms. The standard InChI is InChI=1S/C18H17ClN2O/c1-21(15-5-3-2-4-6-15)16-11-17(18(22)12-16)20-14-9-7-13(19)8-10-14/h2-11,16,20H,12H2,1H3. The van der Waals surface area contributed by atoms with Crippen LogP contribution >= 0.6 is 11.6 Å². The third-order valence-electron chi connectivity index (χ3n) is 3.84. The highest BCUT2D eigenvalue weighted by atomic mass is 35.5. The van der Waals surface area contributed by atoms with Gasteiger partial charge in [-0.2, -0.15) is 0 Å². The number of rotatable bonds is 4. The van der Waals surface area contributed by atoms with Gasteiger partial charge in [0.2, 0.25) is 0 Å². The van der Waals surface area contributed by atoms with E-state index in [9.17, 15) is 4.79 Å². The van der Waals surface area contributed by atoms with Crippen molar-refractivity contribution in [2.75, 3.05) is 17.3 Å². The Morgan fingerprint density at radius 3 is 2.45 bits per heavy atom. The summed E-state index contributed by atoms with van der Waals surface area (Å²) in [5.74, 6) is 0.128. The minimum Gasteiger partial charge on any atom is -0.368 e. The number of carbonyl (C=O) groups is 1. The van der Waals surface area contributed by atoms with Crippen LogP contribution in [0.25, 0.3) is 0 Å². The van der Waals surface area contributed by atoms with Crippen molar-refractivity contribution in [3.05, 3.63) is 71.4 Å². The first kappa shape index (κ1) is 14.7. The third-order valence-corrected chi connectivity index (χ3v) is 4.09. The average Bonchev–Trinajstić information content (AvgIpc) is 2.91. The summed E-state index contributed by atoms with van der Waals surface area (Å²) in [6.07, 6.45) is 2.48. The number of hydrogen-bond acceptors (Lipinski definition) is 3. The van der Waals surface area contributed by atoms with Gasteiger partial charge in [0.1, 0.15) is 0 Å². The van der Waals surface area contributed by atoms with Crippen molar-refractivity contribution in [2.45, 2.75) is 12.5 Å². The molecule has 0 aromatic heterocycles. The largest absolute Gasteiger partial charge is 0.368 e. The summed E-state index contributed by atoms with van der Waals surface area (Å²) < 4.78 is 0. The van der Waals surface area contributed by atoms with Crippen LogP contribution in [-0.2, 0) is 4.79 Å². The Balaban J connectivity index is 1.75. The number of allylic oxidation sites excluding steroid dienone is 1. The number of likely N-dealkylation sites (N-methyl/N-ethyl adjacent to an activating group) is 1. The second-order valence-corrected chi connectivity index (χ2v) is 5.79. The van der Waals surface area contributed by atoms with E-state index in [0.29, 0.717) is 17.1 Å². The van der Waals surface area contributed by atoms with Crippen molar-refractivity contribution < 1.29 is 4.79 Å². The lowest BCUT2D eigenvalue weighted by atomic mass is 10.2. The lowest BCUT2D eigenvalue weighted by Gasteiger charge is -2.24. The summed E-state index contributed by atoms with van der Waals surface area (Å²) in [7, 11) is 2.01. The number of benzene rings is 2. The monoisotopic (exact) mass is 312 g/mol. The van der Waals surface area contributed by atoms with Gasteiger partial charge in [0, 0.05) is 29.9 Å². The first-order chi connectivity index (χ1) is 10.6. The van der Waals surface area contributed by atoms with E-state index in [1.807, 2.05) is 55.6 Å². The SMILES string of the molecule is CN(c1ccccc1)C1C=C(Nc2ccc(Cl)cc2)C(=O)C1. The quantitative estimate of drug-likeness (QED) is 0.922. The van der Waals surface area contributed by atoms with Crippen LogP contribution in [0, 0.1) is 0 Å². The lowest BCUT2D eigenvalue weighted by molar-refractivity contribution is -0.114. The van der Waals surface area contributed by atoms with Crippen LogP contribution in [-0.4, -0.2) is 18.9 Å². The summed E-state index contributed by atoms with van der Waals surface area (Å²) in [6.45, 7) is 0. The number of para-hydroxylation sites is 1. The molecule has 0 fully saturated rings. The molecule has 1 aliphatic rings. The van der Waals surface area contributed by atoms with Gasteiger partial charge in [-0.05, 0) is 42.5 Å². The summed E-state index contributed by atoms with van der Waals surface area (Å²) in [5, 5.41) is 3.86. The molecule has 1 N–H and O–H groups in total. The van der Waals surface area contributed by atoms with E-state index in [1.165, 1.54) is 0 Å². The van der Waals surface area contributed by atoms with Crippen molar-refractivity contribution in [3.63, 3.8) is 0 Å². The highest BCUT2D eigenvalue weighted by Crippen LogP contribution is 2.25. The molecule has 4 heteroatoms. The van der Waals surface area contributed by atoms with Crippen molar-refractivity contribution in [3.8, 4) is 0 Å². The minimum absolute atomic E-state index is 0.0738. The van der Waals surface area contributed by atoms with Crippen LogP contribution in [0.15, 0.2) is 66.4 Å². The van der Waals surface area contributed by atoms with Crippen LogP contribution in [0.2, 0.25) is 5.02 Å². The van der Waals surface area contributed by atoms with Gasteiger partial charge < -0.3 is 10.2 Å². The zero-order chi connectivity index (χ0) is 15.5. The van der Waals surface area contributed by atoms with E-state index in [1.54, 1.807) is 12.1 Å². The van der Waals surface area contributed by atoms with Crippen LogP contribution in [0.1, 0.15) is 6.42 Å². The number of halogens is 1. The Hall–Kier alpha value is -2.26. The second kappa shape index (κ2) is 6.24. The highest BCUT2D eigenvalue weighted by molar-refractivity contribution is 6.30. The molecule has 1 unspecified atom stereocenters. The zero-order valence-corrected chi connectivity index (χ0v) is 13.0. The Morgan fingerprint density at radius 1 is 1.09 bits per heavy atom. The fraction of sp³-hybridized carbons (Fsp3) is 0.167. The number of hydrogen-bond donors (Lipinski definition) is 1. The van der Waals surface area contributed by atoms with E-state index in [-0.39, 0.29) is 11.8 Å². The average molecular weight is 313 g/mol. The van der Waals surface area contributed by atoms with Crippen molar-refractivity contribution in [2.24, 2.45) is 0 Å². The number of anilines is 2. The van der Waals surface area contributed by atoms with Gasteiger partial charge >= 0.3 is 0 Å². The molecule has 0 saturated carbocycles. The molecular weight excluding hydrogens is 296 g/mol. The van der Waals surface area contributed by atoms with E-state index in [2.05, 4.69) is 10.2 Å². The van der Waals surface area contributed by atoms with Crippen molar-refractivity contribution in [1.29, 1.82) is 0 Å². The van der Waals surface area contributed by atoms with E-state index < -0.39 is 0 Å². The third kappa shape index (κ3) is 3.15. The number of carbonyl (C=O) groups excluding carboxylic acids is 1. The summed E-state index contributed by atoms with van der Waals surface area (Å²) in [5.41, 5.74) is 2.62. The van der Waals surface area contributed by atoms with Crippen LogP contribution in [0.5, 0.6) is 0 Å². The maximum atomic E-state index is 12.2. The predicted molar refractivity (Wildman–Crippen MR) is 91.4 cm³/mol. The van der Waals surface area contributed by atoms with Crippen molar-refractivity contribution >= 4 is 28.8 Å². The number of Topliss-reactive ketones (excluding diaryl/α,β-unsaturated/α-hetero) is 1. The zero-order valence-electron chi connectivity index (χ0n) is 12.3. The highest BCUT2D eigenvalue weighted by Gasteiger charge is 2.27. The van der Waals surface area contributed by atoms with Gasteiger partial charge in [-0.25, -0.2) is 0 Å². The van der Waals surface area contributed by atoms with Gasteiger partial charge in [-0.15, -0.1) is 0 Å². The van der Waals surface area contributed by atoms with Crippen molar-refractivity contribution in [1.82, 2.24) is 0 Å². The normalized spacial score (nSPS) is 17.3. The molecule has 0 bridgehead atoms. The maximum absolute atomic E-state index is 12.2. The van der Waals surface area contributed by atoms with Crippen LogP contribution in [0.3, 0.4) is 0 Å². The maximum Gasteiger partial charge on any atom is 0.181 e. The predicted octanol–water partition coefficient (Wildman–Crippen LogP) is 4.11. The molecule has 0 amide bonds. The van der Waals surface area contributed by atoms with Gasteiger partial charge in [-0.3, -0.25) is 4.79 Å². The number of ketones is 1. The summed E-state index contributed by atoms with van der Waals surface area (Å²) in [4.78, 5) is 14.3. The Kier molecular flexibility index (Phi) is 4.16. The topological polar surface area (TPSA) is 32.3 Å². The molecule has 2 aromatic carbocycles. The molecule has 2 aromatic rings. The van der Waals surface area contributed by atoms with Gasteiger partial charge in [0.15, 0.2) is 5.78 Å². The fourth-order valence-corrected chi connectivity index (χ4v) is 2.67.